The van der Waals surface area contributed by atoms with E-state index in [1.807, 2.05) is 0 Å². The molecule has 0 saturated carbocycles. The lowest BCUT2D eigenvalue weighted by atomic mass is 10.1. The molecule has 6 heteroatoms. The fourth-order valence-electron chi connectivity index (χ4n) is 1.58. The van der Waals surface area contributed by atoms with Crippen molar-refractivity contribution in [3.63, 3.8) is 0 Å². The molecule has 19 heavy (non-hydrogen) atoms. The lowest BCUT2D eigenvalue weighted by Crippen LogP contribution is -2.23. The highest BCUT2D eigenvalue weighted by molar-refractivity contribution is 7.89. The van der Waals surface area contributed by atoms with Gasteiger partial charge < -0.3 is 9.52 Å². The molecule has 1 atom stereocenters. The first kappa shape index (κ1) is 13.8. The number of hydrogen-bond donors (Lipinski definition) is 2. The number of sulfonamides is 1. The summed E-state index contributed by atoms with van der Waals surface area (Å²) in [7, 11) is -3.55. The molecule has 102 valence electrons. The average Bonchev–Trinajstić information content (AvgIpc) is 2.90. The summed E-state index contributed by atoms with van der Waals surface area (Å²) in [6.07, 6.45) is 2.36. The van der Waals surface area contributed by atoms with Gasteiger partial charge in [-0.15, -0.1) is 0 Å². The van der Waals surface area contributed by atoms with Gasteiger partial charge in [-0.05, 0) is 30.7 Å². The molecule has 2 rings (SSSR count). The van der Waals surface area contributed by atoms with Crippen LogP contribution in [0.4, 0.5) is 0 Å². The van der Waals surface area contributed by atoms with Crippen molar-refractivity contribution in [1.29, 1.82) is 0 Å². The molecule has 2 N–H and O–H groups in total. The zero-order valence-electron chi connectivity index (χ0n) is 10.4. The van der Waals surface area contributed by atoms with Crippen LogP contribution in [0.3, 0.4) is 0 Å². The fourth-order valence-corrected chi connectivity index (χ4v) is 2.60. The Labute approximate surface area is 111 Å². The second-order valence-electron chi connectivity index (χ2n) is 4.20. The minimum absolute atomic E-state index is 0.167. The zero-order chi connectivity index (χ0) is 13.9. The molecule has 0 radical (unpaired) electrons. The maximum absolute atomic E-state index is 12.0. The van der Waals surface area contributed by atoms with Crippen LogP contribution in [0.2, 0.25) is 0 Å². The standard InChI is InChI=1S/C13H15NO4S/c1-10(15)12-2-4-13(5-3-12)19(16,17)14-8-11-6-7-18-9-11/h2-7,9-10,14-15H,8H2,1H3. The highest BCUT2D eigenvalue weighted by Crippen LogP contribution is 2.16. The summed E-state index contributed by atoms with van der Waals surface area (Å²) in [5.41, 5.74) is 1.43. The molecule has 1 aromatic carbocycles. The van der Waals surface area contributed by atoms with Crippen LogP contribution in [0.5, 0.6) is 0 Å². The van der Waals surface area contributed by atoms with Crippen molar-refractivity contribution in [2.24, 2.45) is 0 Å². The number of rotatable bonds is 5. The minimum Gasteiger partial charge on any atom is -0.472 e. The van der Waals surface area contributed by atoms with E-state index in [0.717, 1.165) is 5.56 Å². The van der Waals surface area contributed by atoms with Crippen molar-refractivity contribution in [3.05, 3.63) is 54.0 Å². The molecular formula is C13H15NO4S. The van der Waals surface area contributed by atoms with E-state index in [1.54, 1.807) is 25.1 Å². The van der Waals surface area contributed by atoms with E-state index in [1.165, 1.54) is 24.7 Å². The molecule has 0 amide bonds. The van der Waals surface area contributed by atoms with E-state index in [2.05, 4.69) is 4.72 Å². The van der Waals surface area contributed by atoms with Crippen molar-refractivity contribution in [2.75, 3.05) is 0 Å². The SMILES string of the molecule is CC(O)c1ccc(S(=O)(=O)NCc2ccoc2)cc1. The van der Waals surface area contributed by atoms with Gasteiger partial charge in [-0.3, -0.25) is 0 Å². The average molecular weight is 281 g/mol. The summed E-state index contributed by atoms with van der Waals surface area (Å²) in [6, 6.07) is 7.83. The smallest absolute Gasteiger partial charge is 0.240 e. The van der Waals surface area contributed by atoms with Crippen LogP contribution in [0, 0.1) is 0 Å². The summed E-state index contributed by atoms with van der Waals surface area (Å²) >= 11 is 0. The topological polar surface area (TPSA) is 79.5 Å². The van der Waals surface area contributed by atoms with Crippen molar-refractivity contribution < 1.29 is 17.9 Å². The monoisotopic (exact) mass is 281 g/mol. The number of nitrogens with one attached hydrogen (secondary N) is 1. The molecule has 1 unspecified atom stereocenters. The maximum atomic E-state index is 12.0. The van der Waals surface area contributed by atoms with Gasteiger partial charge in [-0.1, -0.05) is 12.1 Å². The number of aliphatic hydroxyl groups excluding tert-OH is 1. The van der Waals surface area contributed by atoms with Gasteiger partial charge in [0.1, 0.15) is 0 Å². The first-order valence-corrected chi connectivity index (χ1v) is 7.26. The number of benzene rings is 1. The Balaban J connectivity index is 2.10. The van der Waals surface area contributed by atoms with Crippen LogP contribution in [0.1, 0.15) is 24.2 Å². The third-order valence-corrected chi connectivity index (χ3v) is 4.14. The van der Waals surface area contributed by atoms with Gasteiger partial charge in [0.25, 0.3) is 0 Å². The Kier molecular flexibility index (Phi) is 4.04. The molecule has 0 aliphatic carbocycles. The Hall–Kier alpha value is -1.63. The molecule has 1 heterocycles. The number of hydrogen-bond acceptors (Lipinski definition) is 4. The minimum atomic E-state index is -3.55. The van der Waals surface area contributed by atoms with E-state index in [9.17, 15) is 13.5 Å². The third-order valence-electron chi connectivity index (χ3n) is 2.72. The van der Waals surface area contributed by atoms with Crippen LogP contribution in [0.15, 0.2) is 52.2 Å². The molecule has 0 saturated heterocycles. The molecule has 2 aromatic rings. The molecule has 0 aliphatic heterocycles. The van der Waals surface area contributed by atoms with Crippen LogP contribution < -0.4 is 4.72 Å². The van der Waals surface area contributed by atoms with E-state index >= 15 is 0 Å². The molecular weight excluding hydrogens is 266 g/mol. The van der Waals surface area contributed by atoms with Crippen LogP contribution in [-0.4, -0.2) is 13.5 Å². The van der Waals surface area contributed by atoms with Gasteiger partial charge in [-0.25, -0.2) is 13.1 Å². The van der Waals surface area contributed by atoms with E-state index < -0.39 is 16.1 Å². The molecule has 0 bridgehead atoms. The van der Waals surface area contributed by atoms with Gasteiger partial charge in [0.05, 0.1) is 23.5 Å². The first-order chi connectivity index (χ1) is 8.99. The van der Waals surface area contributed by atoms with Crippen molar-refractivity contribution in [2.45, 2.75) is 24.5 Å². The lowest BCUT2D eigenvalue weighted by molar-refractivity contribution is 0.199. The predicted octanol–water partition coefficient (Wildman–Crippen LogP) is 1.81. The van der Waals surface area contributed by atoms with E-state index in [4.69, 9.17) is 4.42 Å². The summed E-state index contributed by atoms with van der Waals surface area (Å²) in [5, 5.41) is 9.37. The second-order valence-corrected chi connectivity index (χ2v) is 5.97. The maximum Gasteiger partial charge on any atom is 0.240 e. The summed E-state index contributed by atoms with van der Waals surface area (Å²) in [5.74, 6) is 0. The summed E-state index contributed by atoms with van der Waals surface area (Å²) in [4.78, 5) is 0.167. The van der Waals surface area contributed by atoms with Gasteiger partial charge in [0.15, 0.2) is 0 Å². The Morgan fingerprint density at radius 1 is 1.26 bits per heavy atom. The molecule has 0 spiro atoms. The van der Waals surface area contributed by atoms with Gasteiger partial charge in [0.2, 0.25) is 10.0 Å². The van der Waals surface area contributed by atoms with E-state index in [0.29, 0.717) is 5.56 Å². The Bertz CT molecular complexity index is 615. The quantitative estimate of drug-likeness (QED) is 0.876. The normalized spacial score (nSPS) is 13.4. The largest absolute Gasteiger partial charge is 0.472 e. The molecule has 0 fully saturated rings. The predicted molar refractivity (Wildman–Crippen MR) is 69.8 cm³/mol. The van der Waals surface area contributed by atoms with Gasteiger partial charge in [-0.2, -0.15) is 0 Å². The number of aliphatic hydroxyl groups is 1. The van der Waals surface area contributed by atoms with Crippen molar-refractivity contribution in [1.82, 2.24) is 4.72 Å². The lowest BCUT2D eigenvalue weighted by Gasteiger charge is -2.08. The third kappa shape index (κ3) is 3.44. The summed E-state index contributed by atoms with van der Waals surface area (Å²) < 4.78 is 31.3. The van der Waals surface area contributed by atoms with Gasteiger partial charge in [0, 0.05) is 12.1 Å². The van der Waals surface area contributed by atoms with Crippen LogP contribution in [-0.2, 0) is 16.6 Å². The van der Waals surface area contributed by atoms with Crippen LogP contribution in [0.25, 0.3) is 0 Å². The highest BCUT2D eigenvalue weighted by atomic mass is 32.2. The highest BCUT2D eigenvalue weighted by Gasteiger charge is 2.14. The van der Waals surface area contributed by atoms with E-state index in [-0.39, 0.29) is 11.4 Å². The van der Waals surface area contributed by atoms with Crippen molar-refractivity contribution >= 4 is 10.0 Å². The Morgan fingerprint density at radius 2 is 1.95 bits per heavy atom. The van der Waals surface area contributed by atoms with Crippen LogP contribution >= 0.6 is 0 Å². The number of furan rings is 1. The first-order valence-electron chi connectivity index (χ1n) is 5.78. The second kappa shape index (κ2) is 5.56. The molecule has 0 aliphatic rings. The Morgan fingerprint density at radius 3 is 2.47 bits per heavy atom. The van der Waals surface area contributed by atoms with Gasteiger partial charge >= 0.3 is 0 Å². The zero-order valence-corrected chi connectivity index (χ0v) is 11.2. The fraction of sp³-hybridized carbons (Fsp3) is 0.231. The molecule has 5 nitrogen and oxygen atoms in total. The summed E-state index contributed by atoms with van der Waals surface area (Å²) in [6.45, 7) is 1.80. The molecule has 1 aromatic heterocycles. The van der Waals surface area contributed by atoms with Crippen molar-refractivity contribution in [3.8, 4) is 0 Å².